The quantitative estimate of drug-likeness (QED) is 0.649. The fraction of sp³-hybridized carbons (Fsp3) is 0.615. The van der Waals surface area contributed by atoms with Gasteiger partial charge in [0.25, 0.3) is 0 Å². The lowest BCUT2D eigenvalue weighted by Gasteiger charge is -2.01. The van der Waals surface area contributed by atoms with Gasteiger partial charge in [-0.15, -0.1) is 23.1 Å². The molecule has 0 radical (unpaired) electrons. The number of ketones is 1. The molecule has 1 aromatic rings. The summed E-state index contributed by atoms with van der Waals surface area (Å²) in [7, 11) is 0. The molecular weight excluding hydrogens is 250 g/mol. The number of nitrogens with two attached hydrogens (primary N) is 1. The number of rotatable bonds is 5. The van der Waals surface area contributed by atoms with Gasteiger partial charge in [-0.3, -0.25) is 4.79 Å². The molecule has 0 spiro atoms. The van der Waals surface area contributed by atoms with Gasteiger partial charge in [-0.25, -0.2) is 0 Å². The predicted octanol–water partition coefficient (Wildman–Crippen LogP) is 3.91. The molecule has 2 saturated carbocycles. The molecule has 1 aromatic heterocycles. The molecule has 2 N–H and O–H groups in total. The Morgan fingerprint density at radius 3 is 2.65 bits per heavy atom. The zero-order valence-electron chi connectivity index (χ0n) is 9.99. The van der Waals surface area contributed by atoms with E-state index >= 15 is 0 Å². The van der Waals surface area contributed by atoms with Gasteiger partial charge in [0, 0.05) is 11.5 Å². The molecule has 3 rings (SSSR count). The van der Waals surface area contributed by atoms with Gasteiger partial charge in [-0.2, -0.15) is 0 Å². The highest BCUT2D eigenvalue weighted by atomic mass is 32.2. The number of Topliss-reactive ketones (excluding diaryl/α,β-unsaturated/α-hetero) is 1. The summed E-state index contributed by atoms with van der Waals surface area (Å²) < 4.78 is 1.30. The molecule has 2 aliphatic rings. The van der Waals surface area contributed by atoms with Crippen LogP contribution in [0.5, 0.6) is 0 Å². The summed E-state index contributed by atoms with van der Waals surface area (Å²) in [4.78, 5) is 13.0. The SMILES string of the molecule is CCSc1sc(C(=O)C2CC2)c(N)c1C1CC1. The van der Waals surface area contributed by atoms with Crippen LogP contribution in [0.3, 0.4) is 0 Å². The van der Waals surface area contributed by atoms with Crippen molar-refractivity contribution >= 4 is 34.6 Å². The standard InChI is InChI=1S/C13H17NOS2/c1-2-16-13-9(7-3-4-7)10(14)12(17-13)11(15)8-5-6-8/h7-8H,2-6,14H2,1H3. The first-order chi connectivity index (χ1) is 8.22. The van der Waals surface area contributed by atoms with Crippen molar-refractivity contribution in [2.75, 3.05) is 11.5 Å². The lowest BCUT2D eigenvalue weighted by Crippen LogP contribution is -2.02. The summed E-state index contributed by atoms with van der Waals surface area (Å²) >= 11 is 3.48. The van der Waals surface area contributed by atoms with E-state index in [1.54, 1.807) is 11.3 Å². The number of hydrogen-bond donors (Lipinski definition) is 1. The third-order valence-electron chi connectivity index (χ3n) is 3.38. The Morgan fingerprint density at radius 2 is 2.12 bits per heavy atom. The molecule has 0 atom stereocenters. The van der Waals surface area contributed by atoms with Gasteiger partial charge in [-0.1, -0.05) is 6.92 Å². The van der Waals surface area contributed by atoms with Crippen LogP contribution < -0.4 is 5.73 Å². The molecule has 4 heteroatoms. The highest BCUT2D eigenvalue weighted by molar-refractivity contribution is 8.01. The fourth-order valence-corrected chi connectivity index (χ4v) is 4.74. The van der Waals surface area contributed by atoms with Crippen LogP contribution in [0.4, 0.5) is 5.69 Å². The van der Waals surface area contributed by atoms with Crippen molar-refractivity contribution in [1.82, 2.24) is 0 Å². The van der Waals surface area contributed by atoms with Gasteiger partial charge in [0.15, 0.2) is 5.78 Å². The molecule has 0 unspecified atom stereocenters. The second-order valence-electron chi connectivity index (χ2n) is 4.89. The minimum Gasteiger partial charge on any atom is -0.397 e. The van der Waals surface area contributed by atoms with Gasteiger partial charge in [-0.05, 0) is 37.4 Å². The molecule has 17 heavy (non-hydrogen) atoms. The van der Waals surface area contributed by atoms with Gasteiger partial charge in [0.2, 0.25) is 0 Å². The summed E-state index contributed by atoms with van der Waals surface area (Å²) in [5.74, 6) is 2.28. The van der Waals surface area contributed by atoms with Crippen LogP contribution in [-0.2, 0) is 0 Å². The number of carbonyl (C=O) groups is 1. The summed E-state index contributed by atoms with van der Waals surface area (Å²) in [5.41, 5.74) is 8.33. The predicted molar refractivity (Wildman–Crippen MR) is 74.2 cm³/mol. The second kappa shape index (κ2) is 4.32. The molecule has 0 aromatic carbocycles. The smallest absolute Gasteiger partial charge is 0.177 e. The maximum absolute atomic E-state index is 12.2. The monoisotopic (exact) mass is 267 g/mol. The second-order valence-corrected chi connectivity index (χ2v) is 7.45. The Labute approximate surface area is 110 Å². The van der Waals surface area contributed by atoms with Crippen molar-refractivity contribution in [3.63, 3.8) is 0 Å². The third kappa shape index (κ3) is 2.13. The summed E-state index contributed by atoms with van der Waals surface area (Å²) in [6.07, 6.45) is 4.61. The average Bonchev–Trinajstić information content (AvgIpc) is 3.17. The number of carbonyl (C=O) groups excluding carboxylic acids is 1. The van der Waals surface area contributed by atoms with Crippen molar-refractivity contribution < 1.29 is 4.79 Å². The molecular formula is C13H17NOS2. The van der Waals surface area contributed by atoms with Crippen molar-refractivity contribution in [2.24, 2.45) is 5.92 Å². The molecule has 2 aliphatic carbocycles. The normalized spacial score (nSPS) is 19.6. The Morgan fingerprint density at radius 1 is 1.41 bits per heavy atom. The Bertz CT molecular complexity index is 458. The minimum absolute atomic E-state index is 0.280. The molecule has 1 heterocycles. The summed E-state index contributed by atoms with van der Waals surface area (Å²) in [6, 6.07) is 0. The largest absolute Gasteiger partial charge is 0.397 e. The number of hydrogen-bond acceptors (Lipinski definition) is 4. The summed E-state index contributed by atoms with van der Waals surface area (Å²) in [6.45, 7) is 2.15. The van der Waals surface area contributed by atoms with Crippen molar-refractivity contribution in [3.05, 3.63) is 10.4 Å². The van der Waals surface area contributed by atoms with E-state index in [2.05, 4.69) is 6.92 Å². The van der Waals surface area contributed by atoms with E-state index in [1.165, 1.54) is 22.6 Å². The minimum atomic E-state index is 0.280. The van der Waals surface area contributed by atoms with E-state index in [-0.39, 0.29) is 5.92 Å². The van der Waals surface area contributed by atoms with Crippen LogP contribution >= 0.6 is 23.1 Å². The Hall–Kier alpha value is -0.480. The first-order valence-electron chi connectivity index (χ1n) is 6.31. The van der Waals surface area contributed by atoms with E-state index in [4.69, 9.17) is 5.73 Å². The lowest BCUT2D eigenvalue weighted by atomic mass is 10.1. The maximum atomic E-state index is 12.2. The van der Waals surface area contributed by atoms with Crippen LogP contribution in [0.25, 0.3) is 0 Å². The number of anilines is 1. The van der Waals surface area contributed by atoms with Crippen molar-refractivity contribution in [3.8, 4) is 0 Å². The third-order valence-corrected chi connectivity index (χ3v) is 5.79. The fourth-order valence-electron chi connectivity index (χ4n) is 2.15. The van der Waals surface area contributed by atoms with Gasteiger partial charge in [0.1, 0.15) is 0 Å². The molecule has 0 aliphatic heterocycles. The highest BCUT2D eigenvalue weighted by Gasteiger charge is 2.37. The molecule has 0 bridgehead atoms. The molecule has 2 fully saturated rings. The lowest BCUT2D eigenvalue weighted by molar-refractivity contribution is 0.0972. The van der Waals surface area contributed by atoms with Crippen LogP contribution in [0.2, 0.25) is 0 Å². The maximum Gasteiger partial charge on any atom is 0.177 e. The summed E-state index contributed by atoms with van der Waals surface area (Å²) in [5, 5.41) is 0. The van der Waals surface area contributed by atoms with Crippen LogP contribution in [-0.4, -0.2) is 11.5 Å². The van der Waals surface area contributed by atoms with E-state index in [1.807, 2.05) is 11.8 Å². The van der Waals surface area contributed by atoms with E-state index in [9.17, 15) is 4.79 Å². The van der Waals surface area contributed by atoms with E-state index < -0.39 is 0 Å². The topological polar surface area (TPSA) is 43.1 Å². The first kappa shape index (κ1) is 11.6. The Kier molecular flexibility index (Phi) is 2.95. The average molecular weight is 267 g/mol. The van der Waals surface area contributed by atoms with Gasteiger partial charge < -0.3 is 5.73 Å². The van der Waals surface area contributed by atoms with Crippen molar-refractivity contribution in [2.45, 2.75) is 42.7 Å². The van der Waals surface area contributed by atoms with Crippen LogP contribution in [0.15, 0.2) is 4.21 Å². The highest BCUT2D eigenvalue weighted by Crippen LogP contribution is 2.52. The van der Waals surface area contributed by atoms with Crippen molar-refractivity contribution in [1.29, 1.82) is 0 Å². The zero-order valence-corrected chi connectivity index (χ0v) is 11.6. The zero-order chi connectivity index (χ0) is 12.0. The molecule has 2 nitrogen and oxygen atoms in total. The Balaban J connectivity index is 1.97. The molecule has 0 amide bonds. The van der Waals surface area contributed by atoms with E-state index in [0.29, 0.717) is 11.7 Å². The van der Waals surface area contributed by atoms with Gasteiger partial charge in [0.05, 0.1) is 14.8 Å². The molecule has 92 valence electrons. The number of thioether (sulfide) groups is 1. The number of thiophene rings is 1. The van der Waals surface area contributed by atoms with E-state index in [0.717, 1.165) is 29.2 Å². The van der Waals surface area contributed by atoms with Crippen LogP contribution in [0.1, 0.15) is 53.8 Å². The first-order valence-corrected chi connectivity index (χ1v) is 8.11. The molecule has 0 saturated heterocycles. The number of nitrogen functional groups attached to an aromatic ring is 1. The van der Waals surface area contributed by atoms with Gasteiger partial charge >= 0.3 is 0 Å². The van der Waals surface area contributed by atoms with Crippen LogP contribution in [0, 0.1) is 5.92 Å².